The third-order valence-electron chi connectivity index (χ3n) is 6.67. The van der Waals surface area contributed by atoms with Gasteiger partial charge in [0.15, 0.2) is 22.3 Å². The monoisotopic (exact) mass is 657 g/mol. The molecule has 2 atom stereocenters. The number of nitrogens with one attached hydrogen (secondary N) is 1. The van der Waals surface area contributed by atoms with Crippen molar-refractivity contribution in [3.8, 4) is 11.5 Å². The molecule has 3 amide bonds. The van der Waals surface area contributed by atoms with Crippen molar-refractivity contribution in [1.82, 2.24) is 15.2 Å². The van der Waals surface area contributed by atoms with Gasteiger partial charge < -0.3 is 36.4 Å². The number of nitrogens with zero attached hydrogens (tertiary/aromatic N) is 5. The Bertz CT molecular complexity index is 1730. The van der Waals surface area contributed by atoms with E-state index in [9.17, 15) is 39.7 Å². The van der Waals surface area contributed by atoms with Gasteiger partial charge in [0, 0.05) is 39.5 Å². The smallest absolute Gasteiger partial charge is 0.308 e. The first kappa shape index (κ1) is 30.6. The highest BCUT2D eigenvalue weighted by atomic mass is 32.2. The van der Waals surface area contributed by atoms with E-state index in [-0.39, 0.29) is 39.3 Å². The fourth-order valence-electron chi connectivity index (χ4n) is 4.42. The van der Waals surface area contributed by atoms with Gasteiger partial charge in [0.2, 0.25) is 12.4 Å². The van der Waals surface area contributed by atoms with Crippen molar-refractivity contribution >= 4 is 69.4 Å². The Hall–Kier alpha value is -4.81. The average molecular weight is 658 g/mol. The lowest BCUT2D eigenvalue weighted by Crippen LogP contribution is -2.71. The van der Waals surface area contributed by atoms with Gasteiger partial charge in [-0.1, -0.05) is 9.83 Å². The molecule has 2 aromatic heterocycles. The van der Waals surface area contributed by atoms with Gasteiger partial charge in [-0.05, 0) is 23.8 Å². The molecule has 18 heteroatoms. The number of carbonyl (C=O) groups is 4. The Morgan fingerprint density at radius 2 is 1.98 bits per heavy atom. The van der Waals surface area contributed by atoms with Crippen molar-refractivity contribution in [3.63, 3.8) is 0 Å². The molecule has 0 radical (unpaired) electrons. The van der Waals surface area contributed by atoms with Gasteiger partial charge >= 0.3 is 5.91 Å². The molecule has 3 aromatic rings. The Kier molecular flexibility index (Phi) is 8.66. The molecule has 5 rings (SSSR count). The molecule has 1 saturated heterocycles. The number of β-lactam (4-membered cyclic amide) rings is 1. The van der Waals surface area contributed by atoms with E-state index in [0.717, 1.165) is 27.2 Å². The van der Waals surface area contributed by atoms with Gasteiger partial charge in [0.25, 0.3) is 11.8 Å². The summed E-state index contributed by atoms with van der Waals surface area (Å²) in [5.41, 5.74) is 5.54. The van der Waals surface area contributed by atoms with Crippen LogP contribution in [0.2, 0.25) is 0 Å². The molecule has 2 aliphatic heterocycles. The lowest BCUT2D eigenvalue weighted by molar-refractivity contribution is -0.679. The Morgan fingerprint density at radius 3 is 2.59 bits per heavy atom. The number of carboxylic acids is 1. The molecule has 0 bridgehead atoms. The second-order valence-electron chi connectivity index (χ2n) is 9.35. The first-order chi connectivity index (χ1) is 21.0. The molecular weight excluding hydrogens is 635 g/mol. The summed E-state index contributed by atoms with van der Waals surface area (Å²) >= 11 is 3.62. The molecule has 0 aliphatic carbocycles. The van der Waals surface area contributed by atoms with Crippen molar-refractivity contribution in [2.45, 2.75) is 16.3 Å². The maximum atomic E-state index is 13.0. The van der Waals surface area contributed by atoms with Gasteiger partial charge in [0.1, 0.15) is 17.1 Å². The minimum Gasteiger partial charge on any atom is -0.543 e. The summed E-state index contributed by atoms with van der Waals surface area (Å²) in [6, 6.07) is 6.14. The number of carboxylic acid groups (broad SMARTS) is 1. The second-order valence-corrected chi connectivity index (χ2v) is 12.4. The van der Waals surface area contributed by atoms with Crippen molar-refractivity contribution < 1.29 is 44.4 Å². The van der Waals surface area contributed by atoms with Crippen LogP contribution in [0.3, 0.4) is 0 Å². The predicted octanol–water partition coefficient (Wildman–Crippen LogP) is -0.793. The Balaban J connectivity index is 1.23. The van der Waals surface area contributed by atoms with Crippen LogP contribution < -0.4 is 25.8 Å². The molecule has 2 aliphatic rings. The number of pyridine rings is 1. The summed E-state index contributed by atoms with van der Waals surface area (Å²) in [6.45, 7) is 0. The number of carbonyl (C=O) groups excluding carboxylic acids is 4. The number of aromatic nitrogens is 2. The summed E-state index contributed by atoms with van der Waals surface area (Å²) < 4.78 is 1.51. The van der Waals surface area contributed by atoms with E-state index in [4.69, 9.17) is 5.73 Å². The van der Waals surface area contributed by atoms with Gasteiger partial charge in [-0.25, -0.2) is 4.98 Å². The molecule has 0 spiro atoms. The number of phenols is 2. The van der Waals surface area contributed by atoms with Crippen LogP contribution in [0, 0.1) is 0 Å². The molecule has 44 heavy (non-hydrogen) atoms. The molecule has 228 valence electrons. The number of aromatic hydroxyl groups is 2. The highest BCUT2D eigenvalue weighted by molar-refractivity contribution is 8.01. The number of thioether (sulfide) groups is 2. The van der Waals surface area contributed by atoms with Crippen molar-refractivity contribution in [3.05, 3.63) is 70.6 Å². The molecule has 1 fully saturated rings. The van der Waals surface area contributed by atoms with Crippen molar-refractivity contribution in [2.75, 3.05) is 29.3 Å². The number of amides is 3. The number of thiazole rings is 1. The van der Waals surface area contributed by atoms with Gasteiger partial charge in [-0.15, -0.1) is 39.9 Å². The zero-order valence-electron chi connectivity index (χ0n) is 22.6. The zero-order valence-corrected chi connectivity index (χ0v) is 25.1. The van der Waals surface area contributed by atoms with E-state index in [1.165, 1.54) is 57.8 Å². The van der Waals surface area contributed by atoms with Crippen molar-refractivity contribution in [1.29, 1.82) is 0 Å². The average Bonchev–Trinajstić information content (AvgIpc) is 3.44. The maximum Gasteiger partial charge on any atom is 0.308 e. The molecule has 15 nitrogen and oxygen atoms in total. The Morgan fingerprint density at radius 1 is 1.25 bits per heavy atom. The number of anilines is 1. The number of phenolic OH excluding ortho intramolecular Hbond substituents is 2. The lowest BCUT2D eigenvalue weighted by atomic mass is 10.0. The van der Waals surface area contributed by atoms with E-state index < -0.39 is 46.6 Å². The maximum absolute atomic E-state index is 13.0. The van der Waals surface area contributed by atoms with Crippen LogP contribution in [-0.4, -0.2) is 84.7 Å². The van der Waals surface area contributed by atoms with E-state index in [1.807, 2.05) is 0 Å². The van der Waals surface area contributed by atoms with E-state index >= 15 is 0 Å². The third kappa shape index (κ3) is 5.86. The molecule has 0 saturated carbocycles. The summed E-state index contributed by atoms with van der Waals surface area (Å²) in [7, 11) is 1.53. The quantitative estimate of drug-likeness (QED) is 0.0363. The van der Waals surface area contributed by atoms with E-state index in [1.54, 1.807) is 24.5 Å². The number of hydrogen-bond donors (Lipinski definition) is 5. The highest BCUT2D eigenvalue weighted by Gasteiger charge is 2.53. The number of oxime groups is 1. The number of aliphatic carboxylic acids is 1. The predicted molar refractivity (Wildman–Crippen MR) is 158 cm³/mol. The number of nitrogen functional groups attached to an aromatic ring is 1. The SMILES string of the molecule is CN(C(=O)c1ccc(O)c(O)c1)[n+]1ccc(SCC2=C(C(=O)[O-])N3C(=O)[C@@H](NC(=O)/C(=N\O)c4csc(N)n4)[C@H]3SC2)cc1. The van der Waals surface area contributed by atoms with Crippen LogP contribution in [0.4, 0.5) is 5.13 Å². The molecule has 4 heterocycles. The summed E-state index contributed by atoms with van der Waals surface area (Å²) in [4.78, 5) is 56.3. The van der Waals surface area contributed by atoms with Crippen LogP contribution in [0.25, 0.3) is 0 Å². The summed E-state index contributed by atoms with van der Waals surface area (Å²) in [5.74, 6) is -3.76. The van der Waals surface area contributed by atoms with Crippen LogP contribution in [0.1, 0.15) is 16.1 Å². The topological polar surface area (TPSA) is 226 Å². The number of benzene rings is 1. The van der Waals surface area contributed by atoms with Crippen LogP contribution in [-0.2, 0) is 14.4 Å². The van der Waals surface area contributed by atoms with E-state index in [0.29, 0.717) is 5.57 Å². The van der Waals surface area contributed by atoms with Crippen LogP contribution >= 0.6 is 34.9 Å². The van der Waals surface area contributed by atoms with Gasteiger partial charge in [-0.3, -0.25) is 19.3 Å². The minimum atomic E-state index is -1.52. The molecule has 0 unspecified atom stereocenters. The summed E-state index contributed by atoms with van der Waals surface area (Å²) in [6.07, 6.45) is 3.24. The Labute approximate surface area is 261 Å². The first-order valence-electron chi connectivity index (χ1n) is 12.6. The van der Waals surface area contributed by atoms with Crippen LogP contribution in [0.5, 0.6) is 11.5 Å². The normalized spacial score (nSPS) is 18.0. The first-order valence-corrected chi connectivity index (χ1v) is 15.5. The fourth-order valence-corrected chi connectivity index (χ4v) is 7.34. The fraction of sp³-hybridized carbons (Fsp3) is 0.192. The largest absolute Gasteiger partial charge is 0.543 e. The zero-order chi connectivity index (χ0) is 31.7. The van der Waals surface area contributed by atoms with Gasteiger partial charge in [-0.2, -0.15) is 0 Å². The third-order valence-corrected chi connectivity index (χ3v) is 9.78. The number of nitrogens with two attached hydrogens (primary N) is 1. The van der Waals surface area contributed by atoms with Gasteiger partial charge in [0.05, 0.1) is 18.7 Å². The lowest BCUT2D eigenvalue weighted by Gasteiger charge is -2.50. The molecular formula is C26H23N7O8S3. The van der Waals surface area contributed by atoms with E-state index in [2.05, 4.69) is 15.5 Å². The summed E-state index contributed by atoms with van der Waals surface area (Å²) in [5, 5.41) is 48.2. The standard InChI is InChI=1S/C26H23N7O8S3/c1-31(22(37)12-2-3-16(34)17(35)8-12)32-6-4-14(5-7-32)42-9-13-10-43-24-19(23(38)33(24)20(13)25(39)40)29-21(36)18(30-41)15-11-44-26(27)28-15/h2-8,11,19,24H,9-10H2,1H3,(H6-,27,28,29,30,34,35,36,37,39,40,41)/t19-,24-/m1/s1. The van der Waals surface area contributed by atoms with Crippen molar-refractivity contribution in [2.24, 2.45) is 5.16 Å². The molecule has 1 aromatic carbocycles. The number of hydrogen-bond acceptors (Lipinski definition) is 14. The molecule has 6 N–H and O–H groups in total. The highest BCUT2D eigenvalue weighted by Crippen LogP contribution is 2.41. The minimum absolute atomic E-state index is 0.0318. The number of fused-ring (bicyclic) bond motifs is 1. The van der Waals surface area contributed by atoms with Crippen LogP contribution in [0.15, 0.2) is 69.4 Å². The second kappa shape index (κ2) is 12.4. The number of rotatable bonds is 9.